The molecule has 0 N–H and O–H groups in total. The van der Waals surface area contributed by atoms with E-state index in [1.165, 1.54) is 16.7 Å². The Bertz CT molecular complexity index is 764. The summed E-state index contributed by atoms with van der Waals surface area (Å²) in [6.07, 6.45) is 1.90. The predicted octanol–water partition coefficient (Wildman–Crippen LogP) is 3.92. The van der Waals surface area contributed by atoms with Crippen LogP contribution < -0.4 is 4.74 Å². The van der Waals surface area contributed by atoms with Gasteiger partial charge in [-0.25, -0.2) is 9.97 Å². The zero-order valence-corrected chi connectivity index (χ0v) is 11.8. The normalized spacial score (nSPS) is 10.8. The second-order valence-electron chi connectivity index (χ2n) is 4.82. The van der Waals surface area contributed by atoms with Crippen LogP contribution in [-0.4, -0.2) is 17.1 Å². The number of hydrogen-bond donors (Lipinski definition) is 0. The fourth-order valence-electron chi connectivity index (χ4n) is 2.42. The number of aromatic nitrogens is 2. The van der Waals surface area contributed by atoms with E-state index in [9.17, 15) is 0 Å². The van der Waals surface area contributed by atoms with E-state index < -0.39 is 0 Å². The SMILES string of the molecule is COc1ccc(-c2ccc3nc(C)ncc3c2C)cc1. The Morgan fingerprint density at radius 2 is 1.70 bits per heavy atom. The van der Waals surface area contributed by atoms with Gasteiger partial charge in [0.15, 0.2) is 0 Å². The molecule has 3 nitrogen and oxygen atoms in total. The molecule has 0 atom stereocenters. The standard InChI is InChI=1S/C17H16N2O/c1-11-15(13-4-6-14(20-3)7-5-13)8-9-17-16(11)10-18-12(2)19-17/h4-10H,1-3H3. The van der Waals surface area contributed by atoms with E-state index in [-0.39, 0.29) is 0 Å². The number of rotatable bonds is 2. The Morgan fingerprint density at radius 3 is 2.40 bits per heavy atom. The molecule has 1 aromatic heterocycles. The van der Waals surface area contributed by atoms with Crippen molar-refractivity contribution in [3.05, 3.63) is 54.0 Å². The van der Waals surface area contributed by atoms with Crippen LogP contribution in [0.5, 0.6) is 5.75 Å². The average Bonchev–Trinajstić information content (AvgIpc) is 2.48. The molecular formula is C17H16N2O. The maximum absolute atomic E-state index is 5.20. The van der Waals surface area contributed by atoms with Gasteiger partial charge >= 0.3 is 0 Å². The van der Waals surface area contributed by atoms with Gasteiger partial charge in [-0.1, -0.05) is 18.2 Å². The van der Waals surface area contributed by atoms with E-state index in [0.717, 1.165) is 22.5 Å². The second-order valence-corrected chi connectivity index (χ2v) is 4.82. The Labute approximate surface area is 118 Å². The van der Waals surface area contributed by atoms with Crippen molar-refractivity contribution in [3.8, 4) is 16.9 Å². The maximum Gasteiger partial charge on any atom is 0.125 e. The summed E-state index contributed by atoms with van der Waals surface area (Å²) in [5, 5.41) is 1.10. The topological polar surface area (TPSA) is 35.0 Å². The van der Waals surface area contributed by atoms with Crippen LogP contribution >= 0.6 is 0 Å². The van der Waals surface area contributed by atoms with Crippen molar-refractivity contribution in [1.29, 1.82) is 0 Å². The van der Waals surface area contributed by atoms with E-state index in [1.54, 1.807) is 7.11 Å². The van der Waals surface area contributed by atoms with Gasteiger partial charge in [0.2, 0.25) is 0 Å². The van der Waals surface area contributed by atoms with Gasteiger partial charge in [-0.3, -0.25) is 0 Å². The summed E-state index contributed by atoms with van der Waals surface area (Å²) in [4.78, 5) is 8.77. The van der Waals surface area contributed by atoms with Crippen LogP contribution in [0.2, 0.25) is 0 Å². The minimum Gasteiger partial charge on any atom is -0.497 e. The summed E-state index contributed by atoms with van der Waals surface area (Å²) >= 11 is 0. The number of nitrogens with zero attached hydrogens (tertiary/aromatic N) is 2. The number of hydrogen-bond acceptors (Lipinski definition) is 3. The molecule has 0 aliphatic heterocycles. The molecule has 0 radical (unpaired) electrons. The van der Waals surface area contributed by atoms with Gasteiger partial charge in [-0.05, 0) is 48.7 Å². The van der Waals surface area contributed by atoms with Crippen molar-refractivity contribution in [2.24, 2.45) is 0 Å². The van der Waals surface area contributed by atoms with Gasteiger partial charge in [0.25, 0.3) is 0 Å². The first kappa shape index (κ1) is 12.6. The maximum atomic E-state index is 5.20. The fourth-order valence-corrected chi connectivity index (χ4v) is 2.42. The second kappa shape index (κ2) is 4.93. The van der Waals surface area contributed by atoms with E-state index >= 15 is 0 Å². The Hall–Kier alpha value is -2.42. The molecule has 3 rings (SSSR count). The predicted molar refractivity (Wildman–Crippen MR) is 81.0 cm³/mol. The molecule has 1 heterocycles. The third-order valence-corrected chi connectivity index (χ3v) is 3.56. The largest absolute Gasteiger partial charge is 0.497 e. The minimum atomic E-state index is 0.800. The third-order valence-electron chi connectivity index (χ3n) is 3.56. The number of fused-ring (bicyclic) bond motifs is 1. The molecule has 0 aliphatic rings. The lowest BCUT2D eigenvalue weighted by Crippen LogP contribution is -1.92. The minimum absolute atomic E-state index is 0.800. The molecule has 100 valence electrons. The molecule has 0 unspecified atom stereocenters. The Morgan fingerprint density at radius 1 is 0.950 bits per heavy atom. The Kier molecular flexibility index (Phi) is 3.11. The van der Waals surface area contributed by atoms with Crippen LogP contribution in [0.15, 0.2) is 42.6 Å². The fraction of sp³-hybridized carbons (Fsp3) is 0.176. The molecule has 2 aromatic carbocycles. The summed E-state index contributed by atoms with van der Waals surface area (Å²) in [5.74, 6) is 1.67. The number of benzene rings is 2. The highest BCUT2D eigenvalue weighted by atomic mass is 16.5. The van der Waals surface area contributed by atoms with Crippen molar-refractivity contribution in [1.82, 2.24) is 9.97 Å². The van der Waals surface area contributed by atoms with Gasteiger partial charge in [-0.15, -0.1) is 0 Å². The van der Waals surface area contributed by atoms with Gasteiger partial charge in [-0.2, -0.15) is 0 Å². The molecule has 0 spiro atoms. The van der Waals surface area contributed by atoms with Crippen LogP contribution in [0.25, 0.3) is 22.0 Å². The van der Waals surface area contributed by atoms with Crippen molar-refractivity contribution >= 4 is 10.9 Å². The highest BCUT2D eigenvalue weighted by Crippen LogP contribution is 2.29. The summed E-state index contributed by atoms with van der Waals surface area (Å²) in [7, 11) is 1.68. The van der Waals surface area contributed by atoms with Gasteiger partial charge < -0.3 is 4.74 Å². The summed E-state index contributed by atoms with van der Waals surface area (Å²) in [5.41, 5.74) is 4.57. The molecule has 0 bridgehead atoms. The lowest BCUT2D eigenvalue weighted by molar-refractivity contribution is 0.415. The summed E-state index contributed by atoms with van der Waals surface area (Å²) in [6, 6.07) is 12.3. The number of methoxy groups -OCH3 is 1. The van der Waals surface area contributed by atoms with E-state index in [0.29, 0.717) is 0 Å². The smallest absolute Gasteiger partial charge is 0.125 e. The average molecular weight is 264 g/mol. The zero-order chi connectivity index (χ0) is 14.1. The van der Waals surface area contributed by atoms with Crippen LogP contribution in [0, 0.1) is 13.8 Å². The van der Waals surface area contributed by atoms with Crippen molar-refractivity contribution in [2.75, 3.05) is 7.11 Å². The van der Waals surface area contributed by atoms with Crippen molar-refractivity contribution < 1.29 is 4.74 Å². The van der Waals surface area contributed by atoms with Crippen molar-refractivity contribution in [2.45, 2.75) is 13.8 Å². The van der Waals surface area contributed by atoms with E-state index in [2.05, 4.69) is 41.2 Å². The molecule has 0 saturated carbocycles. The first-order valence-corrected chi connectivity index (χ1v) is 6.56. The zero-order valence-electron chi connectivity index (χ0n) is 11.8. The first-order valence-electron chi connectivity index (χ1n) is 6.56. The van der Waals surface area contributed by atoms with E-state index in [4.69, 9.17) is 4.74 Å². The molecule has 0 saturated heterocycles. The van der Waals surface area contributed by atoms with E-state index in [1.807, 2.05) is 25.3 Å². The lowest BCUT2D eigenvalue weighted by atomic mass is 9.97. The van der Waals surface area contributed by atoms with Crippen LogP contribution in [-0.2, 0) is 0 Å². The molecule has 3 aromatic rings. The molecule has 20 heavy (non-hydrogen) atoms. The van der Waals surface area contributed by atoms with Crippen LogP contribution in [0.3, 0.4) is 0 Å². The molecule has 0 fully saturated rings. The highest BCUT2D eigenvalue weighted by Gasteiger charge is 2.07. The third kappa shape index (κ3) is 2.11. The van der Waals surface area contributed by atoms with Crippen LogP contribution in [0.1, 0.15) is 11.4 Å². The highest BCUT2D eigenvalue weighted by molar-refractivity contribution is 5.88. The molecule has 3 heteroatoms. The number of aryl methyl sites for hydroxylation is 2. The molecule has 0 aliphatic carbocycles. The van der Waals surface area contributed by atoms with Crippen molar-refractivity contribution in [3.63, 3.8) is 0 Å². The lowest BCUT2D eigenvalue weighted by Gasteiger charge is -2.10. The quantitative estimate of drug-likeness (QED) is 0.703. The summed E-state index contributed by atoms with van der Waals surface area (Å²) < 4.78 is 5.20. The van der Waals surface area contributed by atoms with Gasteiger partial charge in [0, 0.05) is 11.6 Å². The summed E-state index contributed by atoms with van der Waals surface area (Å²) in [6.45, 7) is 4.02. The molecular weight excluding hydrogens is 248 g/mol. The number of ether oxygens (including phenoxy) is 1. The Balaban J connectivity index is 2.16. The first-order chi connectivity index (χ1) is 9.69. The van der Waals surface area contributed by atoms with Crippen LogP contribution in [0.4, 0.5) is 0 Å². The molecule has 0 amide bonds. The van der Waals surface area contributed by atoms with Gasteiger partial charge in [0.05, 0.1) is 12.6 Å². The van der Waals surface area contributed by atoms with Gasteiger partial charge in [0.1, 0.15) is 11.6 Å². The monoisotopic (exact) mass is 264 g/mol.